The first-order chi connectivity index (χ1) is 10.5. The highest BCUT2D eigenvalue weighted by Crippen LogP contribution is 2.22. The first kappa shape index (κ1) is 16.3. The Labute approximate surface area is 141 Å². The summed E-state index contributed by atoms with van der Waals surface area (Å²) in [7, 11) is 1.53. The van der Waals surface area contributed by atoms with Gasteiger partial charge < -0.3 is 16.0 Å². The van der Waals surface area contributed by atoms with Crippen LogP contribution in [-0.4, -0.2) is 19.0 Å². The van der Waals surface area contributed by atoms with Crippen molar-refractivity contribution in [2.45, 2.75) is 0 Å². The molecular weight excluding hydrogens is 370 g/mol. The van der Waals surface area contributed by atoms with Crippen molar-refractivity contribution in [1.29, 1.82) is 0 Å². The van der Waals surface area contributed by atoms with Crippen LogP contribution in [0.5, 0.6) is 0 Å². The third-order valence-corrected chi connectivity index (χ3v) is 3.62. The number of urea groups is 1. The highest BCUT2D eigenvalue weighted by molar-refractivity contribution is 9.10. The Morgan fingerprint density at radius 3 is 2.18 bits per heavy atom. The van der Waals surface area contributed by atoms with E-state index in [1.165, 1.54) is 7.05 Å². The summed E-state index contributed by atoms with van der Waals surface area (Å²) in [5.41, 5.74) is 1.60. The average molecular weight is 383 g/mol. The van der Waals surface area contributed by atoms with Crippen LogP contribution in [0, 0.1) is 0 Å². The van der Waals surface area contributed by atoms with Gasteiger partial charge in [-0.1, -0.05) is 27.5 Å². The number of rotatable bonds is 3. The molecule has 2 rings (SSSR count). The summed E-state index contributed by atoms with van der Waals surface area (Å²) >= 11 is 9.32. The molecule has 0 heterocycles. The van der Waals surface area contributed by atoms with E-state index in [2.05, 4.69) is 31.9 Å². The van der Waals surface area contributed by atoms with Crippen molar-refractivity contribution >= 4 is 50.8 Å². The van der Waals surface area contributed by atoms with Crippen LogP contribution in [-0.2, 0) is 0 Å². The minimum absolute atomic E-state index is 0.307. The highest BCUT2D eigenvalue weighted by atomic mass is 79.9. The third-order valence-electron chi connectivity index (χ3n) is 2.80. The number of halogens is 2. The molecule has 22 heavy (non-hydrogen) atoms. The maximum absolute atomic E-state index is 12.2. The fraction of sp³-hybridized carbons (Fsp3) is 0.0667. The van der Waals surface area contributed by atoms with Gasteiger partial charge in [-0.15, -0.1) is 0 Å². The fourth-order valence-corrected chi connectivity index (χ4v) is 2.26. The normalized spacial score (nSPS) is 9.95. The molecule has 0 atom stereocenters. The third kappa shape index (κ3) is 4.22. The van der Waals surface area contributed by atoms with Crippen LogP contribution in [0.1, 0.15) is 10.4 Å². The minimum atomic E-state index is -0.308. The summed E-state index contributed by atoms with van der Waals surface area (Å²) in [5, 5.41) is 8.21. The summed E-state index contributed by atoms with van der Waals surface area (Å²) in [6, 6.07) is 11.5. The Bertz CT molecular complexity index is 704. The van der Waals surface area contributed by atoms with Crippen LogP contribution in [0.15, 0.2) is 46.9 Å². The molecule has 0 saturated carbocycles. The lowest BCUT2D eigenvalue weighted by Gasteiger charge is -2.09. The number of nitrogens with one attached hydrogen (secondary N) is 3. The quantitative estimate of drug-likeness (QED) is 0.748. The Morgan fingerprint density at radius 1 is 1.00 bits per heavy atom. The van der Waals surface area contributed by atoms with E-state index in [1.54, 1.807) is 42.5 Å². The van der Waals surface area contributed by atoms with Crippen molar-refractivity contribution in [3.63, 3.8) is 0 Å². The minimum Gasteiger partial charge on any atom is -0.341 e. The molecule has 0 aliphatic heterocycles. The van der Waals surface area contributed by atoms with E-state index in [0.29, 0.717) is 22.0 Å². The van der Waals surface area contributed by atoms with Crippen molar-refractivity contribution in [1.82, 2.24) is 5.32 Å². The highest BCUT2D eigenvalue weighted by Gasteiger charge is 2.11. The first-order valence-corrected chi connectivity index (χ1v) is 7.52. The summed E-state index contributed by atoms with van der Waals surface area (Å²) in [5.74, 6) is -0.307. The monoisotopic (exact) mass is 381 g/mol. The molecule has 2 aromatic carbocycles. The van der Waals surface area contributed by atoms with E-state index in [-0.39, 0.29) is 11.9 Å². The van der Waals surface area contributed by atoms with E-state index in [4.69, 9.17) is 11.6 Å². The molecule has 0 unspecified atom stereocenters. The molecule has 0 fully saturated rings. The summed E-state index contributed by atoms with van der Waals surface area (Å²) < 4.78 is 0.771. The van der Waals surface area contributed by atoms with Gasteiger partial charge in [-0.25, -0.2) is 4.79 Å². The van der Waals surface area contributed by atoms with Gasteiger partial charge in [0.15, 0.2) is 0 Å². The molecule has 114 valence electrons. The van der Waals surface area contributed by atoms with Crippen LogP contribution in [0.3, 0.4) is 0 Å². The molecule has 0 aliphatic carbocycles. The molecular formula is C15H13BrClN3O2. The smallest absolute Gasteiger partial charge is 0.318 e. The molecule has 0 aliphatic rings. The van der Waals surface area contributed by atoms with E-state index in [1.807, 2.05) is 0 Å². The van der Waals surface area contributed by atoms with Gasteiger partial charge in [0.25, 0.3) is 5.91 Å². The molecule has 0 saturated heterocycles. The molecule has 7 heteroatoms. The topological polar surface area (TPSA) is 70.2 Å². The number of carbonyl (C=O) groups is 2. The molecule has 0 radical (unpaired) electrons. The molecule has 2 aromatic rings. The van der Waals surface area contributed by atoms with Crippen molar-refractivity contribution in [2.75, 3.05) is 17.7 Å². The van der Waals surface area contributed by atoms with Gasteiger partial charge in [0.1, 0.15) is 0 Å². The van der Waals surface area contributed by atoms with Crippen molar-refractivity contribution in [3.05, 3.63) is 57.5 Å². The second-order valence-electron chi connectivity index (χ2n) is 4.36. The Balaban J connectivity index is 2.08. The zero-order valence-electron chi connectivity index (χ0n) is 11.6. The summed E-state index contributed by atoms with van der Waals surface area (Å²) in [6.07, 6.45) is 0. The SMILES string of the molecule is CNC(=O)Nc1ccc(NC(=O)c2cc(Br)ccc2Cl)cc1. The standard InChI is InChI=1S/C15H13BrClN3O2/c1-18-15(22)20-11-5-3-10(4-6-11)19-14(21)12-8-9(16)2-7-13(12)17/h2-8H,1H3,(H,19,21)(H2,18,20,22). The van der Waals surface area contributed by atoms with Crippen molar-refractivity contribution in [2.24, 2.45) is 0 Å². The summed E-state index contributed by atoms with van der Waals surface area (Å²) in [4.78, 5) is 23.4. The largest absolute Gasteiger partial charge is 0.341 e. The number of amides is 3. The fourth-order valence-electron chi connectivity index (χ4n) is 1.70. The molecule has 3 amide bonds. The molecule has 0 spiro atoms. The van der Waals surface area contributed by atoms with Gasteiger partial charge in [-0.2, -0.15) is 0 Å². The van der Waals surface area contributed by atoms with Crippen LogP contribution in [0.4, 0.5) is 16.2 Å². The predicted octanol–water partition coefficient (Wildman–Crippen LogP) is 4.11. The van der Waals surface area contributed by atoms with E-state index in [0.717, 1.165) is 4.47 Å². The number of benzene rings is 2. The van der Waals surface area contributed by atoms with Gasteiger partial charge in [0.2, 0.25) is 0 Å². The Kier molecular flexibility index (Phi) is 5.41. The van der Waals surface area contributed by atoms with E-state index >= 15 is 0 Å². The van der Waals surface area contributed by atoms with Gasteiger partial charge in [0.05, 0.1) is 10.6 Å². The lowest BCUT2D eigenvalue weighted by Crippen LogP contribution is -2.24. The molecule has 5 nitrogen and oxygen atoms in total. The predicted molar refractivity (Wildman–Crippen MR) is 91.6 cm³/mol. The van der Waals surface area contributed by atoms with Gasteiger partial charge in [-0.05, 0) is 42.5 Å². The zero-order valence-corrected chi connectivity index (χ0v) is 14.0. The maximum atomic E-state index is 12.2. The van der Waals surface area contributed by atoms with Crippen LogP contribution >= 0.6 is 27.5 Å². The van der Waals surface area contributed by atoms with Gasteiger partial charge in [-0.3, -0.25) is 4.79 Å². The van der Waals surface area contributed by atoms with Crippen molar-refractivity contribution in [3.8, 4) is 0 Å². The van der Waals surface area contributed by atoms with Gasteiger partial charge >= 0.3 is 6.03 Å². The second-order valence-corrected chi connectivity index (χ2v) is 5.68. The lowest BCUT2D eigenvalue weighted by atomic mass is 10.2. The lowest BCUT2D eigenvalue weighted by molar-refractivity contribution is 0.102. The number of carbonyl (C=O) groups excluding carboxylic acids is 2. The number of hydrogen-bond donors (Lipinski definition) is 3. The van der Waals surface area contributed by atoms with Gasteiger partial charge in [0, 0.05) is 22.9 Å². The molecule has 0 bridgehead atoms. The van der Waals surface area contributed by atoms with E-state index in [9.17, 15) is 9.59 Å². The molecule has 3 N–H and O–H groups in total. The van der Waals surface area contributed by atoms with Crippen molar-refractivity contribution < 1.29 is 9.59 Å². The first-order valence-electron chi connectivity index (χ1n) is 6.35. The molecule has 0 aromatic heterocycles. The Morgan fingerprint density at radius 2 is 1.59 bits per heavy atom. The maximum Gasteiger partial charge on any atom is 0.318 e. The number of anilines is 2. The van der Waals surface area contributed by atoms with E-state index < -0.39 is 0 Å². The van der Waals surface area contributed by atoms with Crippen LogP contribution in [0.2, 0.25) is 5.02 Å². The summed E-state index contributed by atoms with van der Waals surface area (Å²) in [6.45, 7) is 0. The van der Waals surface area contributed by atoms with Crippen LogP contribution < -0.4 is 16.0 Å². The number of hydrogen-bond acceptors (Lipinski definition) is 2. The van der Waals surface area contributed by atoms with Crippen LogP contribution in [0.25, 0.3) is 0 Å². The second kappa shape index (κ2) is 7.29. The Hall–Kier alpha value is -2.05. The average Bonchev–Trinajstić information content (AvgIpc) is 2.51. The zero-order chi connectivity index (χ0) is 16.1.